The SMILES string of the molecule is C[C@H](CCC(=O)NCCS(=O)(=O)O)[C@H]1CC[C@H]2[C@@H]3[C@@H](O)C[C@@]4(C)C[C@H](O)CC[C@]4(C)[C@H]3CC[C@]12C. The molecule has 0 aliphatic heterocycles. The molecule has 0 aromatic carbocycles. The minimum absolute atomic E-state index is 0.00694. The van der Waals surface area contributed by atoms with Crippen LogP contribution in [0.1, 0.15) is 91.9 Å². The van der Waals surface area contributed by atoms with Gasteiger partial charge in [-0.25, -0.2) is 0 Å². The van der Waals surface area contributed by atoms with Crippen LogP contribution in [-0.2, 0) is 14.9 Å². The Morgan fingerprint density at radius 3 is 2.43 bits per heavy atom. The van der Waals surface area contributed by atoms with Gasteiger partial charge in [0.2, 0.25) is 5.91 Å². The average molecular weight is 514 g/mol. The maximum atomic E-state index is 12.2. The van der Waals surface area contributed by atoms with E-state index >= 15 is 0 Å². The van der Waals surface area contributed by atoms with Crippen molar-refractivity contribution in [2.75, 3.05) is 12.3 Å². The second kappa shape index (κ2) is 9.55. The topological polar surface area (TPSA) is 124 Å². The molecule has 0 heterocycles. The first-order chi connectivity index (χ1) is 16.2. The second-order valence-corrected chi connectivity index (χ2v) is 14.9. The quantitative estimate of drug-likeness (QED) is 0.384. The van der Waals surface area contributed by atoms with Crippen LogP contribution in [0.4, 0.5) is 0 Å². The summed E-state index contributed by atoms with van der Waals surface area (Å²) in [6, 6.07) is 0. The first kappa shape index (κ1) is 27.3. The summed E-state index contributed by atoms with van der Waals surface area (Å²) >= 11 is 0. The highest BCUT2D eigenvalue weighted by molar-refractivity contribution is 7.85. The number of amides is 1. The normalized spacial score (nSPS) is 46.3. The summed E-state index contributed by atoms with van der Waals surface area (Å²) in [6.07, 6.45) is 8.65. The van der Waals surface area contributed by atoms with Crippen LogP contribution in [0.15, 0.2) is 0 Å². The van der Waals surface area contributed by atoms with E-state index in [1.165, 1.54) is 0 Å². The van der Waals surface area contributed by atoms with E-state index in [-0.39, 0.29) is 40.9 Å². The first-order valence-electron chi connectivity index (χ1n) is 13.8. The summed E-state index contributed by atoms with van der Waals surface area (Å²) < 4.78 is 30.5. The third-order valence-corrected chi connectivity index (χ3v) is 12.3. The van der Waals surface area contributed by atoms with E-state index in [9.17, 15) is 23.4 Å². The Morgan fingerprint density at radius 1 is 1.03 bits per heavy atom. The Kier molecular flexibility index (Phi) is 7.46. The van der Waals surface area contributed by atoms with Gasteiger partial charge in [0.05, 0.1) is 18.0 Å². The van der Waals surface area contributed by atoms with Crippen LogP contribution < -0.4 is 5.32 Å². The number of hydrogen-bond acceptors (Lipinski definition) is 5. The number of nitrogens with one attached hydrogen (secondary N) is 1. The molecule has 0 aromatic heterocycles. The number of hydrogen-bond donors (Lipinski definition) is 4. The molecule has 4 N–H and O–H groups in total. The van der Waals surface area contributed by atoms with Gasteiger partial charge in [-0.3, -0.25) is 9.35 Å². The summed E-state index contributed by atoms with van der Waals surface area (Å²) in [5, 5.41) is 24.5. The largest absolute Gasteiger partial charge is 0.393 e. The van der Waals surface area contributed by atoms with Gasteiger partial charge in [0.15, 0.2) is 0 Å². The van der Waals surface area contributed by atoms with Crippen LogP contribution in [0.2, 0.25) is 0 Å². The van der Waals surface area contributed by atoms with Gasteiger partial charge >= 0.3 is 0 Å². The number of rotatable bonds is 7. The Bertz CT molecular complexity index is 909. The van der Waals surface area contributed by atoms with E-state index in [2.05, 4.69) is 33.0 Å². The lowest BCUT2D eigenvalue weighted by atomic mass is 9.39. The van der Waals surface area contributed by atoms with E-state index in [0.29, 0.717) is 36.0 Å². The Balaban J connectivity index is 1.41. The van der Waals surface area contributed by atoms with Gasteiger partial charge in [-0.1, -0.05) is 27.7 Å². The predicted molar refractivity (Wildman–Crippen MR) is 135 cm³/mol. The van der Waals surface area contributed by atoms with Crippen molar-refractivity contribution in [1.29, 1.82) is 0 Å². The lowest BCUT2D eigenvalue weighted by molar-refractivity contribution is -0.210. The maximum absolute atomic E-state index is 12.2. The van der Waals surface area contributed by atoms with Crippen molar-refractivity contribution in [2.24, 2.45) is 45.8 Å². The zero-order chi connectivity index (χ0) is 25.8. The number of carbonyl (C=O) groups excluding carboxylic acids is 1. The van der Waals surface area contributed by atoms with Crippen molar-refractivity contribution in [1.82, 2.24) is 5.32 Å². The molecule has 0 saturated heterocycles. The molecule has 0 radical (unpaired) electrons. The van der Waals surface area contributed by atoms with Gasteiger partial charge < -0.3 is 15.5 Å². The molecule has 35 heavy (non-hydrogen) atoms. The fourth-order valence-electron chi connectivity index (χ4n) is 9.59. The van der Waals surface area contributed by atoms with Crippen molar-refractivity contribution in [3.05, 3.63) is 0 Å². The van der Waals surface area contributed by atoms with Crippen molar-refractivity contribution in [3.8, 4) is 0 Å². The van der Waals surface area contributed by atoms with Crippen molar-refractivity contribution in [2.45, 2.75) is 104 Å². The van der Waals surface area contributed by atoms with E-state index in [0.717, 1.165) is 57.8 Å². The lowest BCUT2D eigenvalue weighted by Gasteiger charge is -2.66. The fourth-order valence-corrected chi connectivity index (χ4v) is 9.95. The minimum atomic E-state index is -4.07. The molecule has 8 heteroatoms. The maximum Gasteiger partial charge on any atom is 0.266 e. The van der Waals surface area contributed by atoms with Gasteiger partial charge in [-0.05, 0) is 104 Å². The number of aliphatic hydroxyl groups is 2. The lowest BCUT2D eigenvalue weighted by Crippen LogP contribution is -2.62. The molecule has 7 nitrogen and oxygen atoms in total. The van der Waals surface area contributed by atoms with Crippen LogP contribution in [0.25, 0.3) is 0 Å². The molecule has 0 aromatic rings. The molecular formula is C27H47NO6S. The van der Waals surface area contributed by atoms with Gasteiger partial charge in [-0.2, -0.15) is 8.42 Å². The average Bonchev–Trinajstić information content (AvgIpc) is 3.09. The van der Waals surface area contributed by atoms with E-state index in [4.69, 9.17) is 4.55 Å². The smallest absolute Gasteiger partial charge is 0.266 e. The monoisotopic (exact) mass is 513 g/mol. The van der Waals surface area contributed by atoms with Crippen LogP contribution in [0.3, 0.4) is 0 Å². The molecule has 4 aliphatic carbocycles. The van der Waals surface area contributed by atoms with Crippen LogP contribution >= 0.6 is 0 Å². The number of fused-ring (bicyclic) bond motifs is 5. The van der Waals surface area contributed by atoms with Crippen LogP contribution in [0.5, 0.6) is 0 Å². The Hall–Kier alpha value is -0.700. The third kappa shape index (κ3) is 4.94. The molecule has 4 aliphatic rings. The molecular weight excluding hydrogens is 466 g/mol. The number of carbonyl (C=O) groups is 1. The molecule has 4 fully saturated rings. The molecule has 0 unspecified atom stereocenters. The zero-order valence-corrected chi connectivity index (χ0v) is 22.8. The summed E-state index contributed by atoms with van der Waals surface area (Å²) in [5.41, 5.74) is 0.329. The summed E-state index contributed by atoms with van der Waals surface area (Å²) in [6.45, 7) is 9.37. The van der Waals surface area contributed by atoms with Crippen molar-refractivity contribution in [3.63, 3.8) is 0 Å². The molecule has 10 atom stereocenters. The predicted octanol–water partition coefficient (Wildman–Crippen LogP) is 3.79. The molecule has 0 spiro atoms. The molecule has 0 bridgehead atoms. The van der Waals surface area contributed by atoms with Crippen LogP contribution in [0, 0.1) is 45.8 Å². The summed E-state index contributed by atoms with van der Waals surface area (Å²) in [5.74, 6) is 1.59. The van der Waals surface area contributed by atoms with Crippen molar-refractivity contribution < 1.29 is 28.0 Å². The highest BCUT2D eigenvalue weighted by atomic mass is 32.2. The Labute approximate surface area is 211 Å². The molecule has 1 amide bonds. The van der Waals surface area contributed by atoms with E-state index in [1.54, 1.807) is 0 Å². The molecule has 4 saturated carbocycles. The Morgan fingerprint density at radius 2 is 1.74 bits per heavy atom. The van der Waals surface area contributed by atoms with Crippen LogP contribution in [-0.4, -0.2) is 53.6 Å². The van der Waals surface area contributed by atoms with Gasteiger partial charge in [0.1, 0.15) is 0 Å². The van der Waals surface area contributed by atoms with Crippen molar-refractivity contribution >= 4 is 16.0 Å². The molecule has 4 rings (SSSR count). The van der Waals surface area contributed by atoms with Gasteiger partial charge in [0.25, 0.3) is 10.1 Å². The van der Waals surface area contributed by atoms with E-state index in [1.807, 2.05) is 0 Å². The number of aliphatic hydroxyl groups excluding tert-OH is 2. The summed E-state index contributed by atoms with van der Waals surface area (Å²) in [7, 11) is -4.07. The highest BCUT2D eigenvalue weighted by Gasteiger charge is 2.65. The highest BCUT2D eigenvalue weighted by Crippen LogP contribution is 2.71. The van der Waals surface area contributed by atoms with Gasteiger partial charge in [-0.15, -0.1) is 0 Å². The summed E-state index contributed by atoms with van der Waals surface area (Å²) in [4.78, 5) is 12.2. The second-order valence-electron chi connectivity index (χ2n) is 13.3. The zero-order valence-electron chi connectivity index (χ0n) is 22.0. The molecule has 202 valence electrons. The minimum Gasteiger partial charge on any atom is -0.393 e. The standard InChI is InChI=1S/C27H47NO6S/c1-17(5-8-23(31)28-13-14-35(32,33)34)19-6-7-20-24-21(10-11-26(19,20)3)27(4)12-9-18(29)15-25(27,2)16-22(24)30/h17-22,24,29-30H,5-16H2,1-4H3,(H,28,31)(H,32,33,34)/t17-,18-,19-,20+,21+,22+,24+,25-,26-,27-/m1/s1. The fraction of sp³-hybridized carbons (Fsp3) is 0.963. The van der Waals surface area contributed by atoms with Gasteiger partial charge in [0, 0.05) is 13.0 Å². The third-order valence-electron chi connectivity index (χ3n) is 11.6. The van der Waals surface area contributed by atoms with E-state index < -0.39 is 15.9 Å². The first-order valence-corrected chi connectivity index (χ1v) is 15.4.